The third kappa shape index (κ3) is 15.0. The highest BCUT2D eigenvalue weighted by atomic mass is 32.1. The zero-order chi connectivity index (χ0) is 93.2. The van der Waals surface area contributed by atoms with Gasteiger partial charge in [0.25, 0.3) is 0 Å². The van der Waals surface area contributed by atoms with Crippen LogP contribution in [0.15, 0.2) is 504 Å². The molecule has 0 fully saturated rings. The van der Waals surface area contributed by atoms with Gasteiger partial charge in [-0.15, -0.1) is 11.3 Å². The predicted octanol–water partition coefficient (Wildman–Crippen LogP) is 34.6. The number of thiophene rings is 1. The molecule has 28 rings (SSSR count). The molecule has 0 amide bonds. The number of para-hydroxylation sites is 7. The zero-order valence-electron chi connectivity index (χ0n) is 76.4. The molecule has 0 atom stereocenters. The first-order valence-corrected chi connectivity index (χ1v) is 48.4. The van der Waals surface area contributed by atoms with Gasteiger partial charge in [0.15, 0.2) is 5.82 Å². The average Bonchev–Trinajstić information content (AvgIpc) is 1.57. The lowest BCUT2D eigenvalue weighted by Gasteiger charge is -2.16. The molecular formula is C131H83N9S. The van der Waals surface area contributed by atoms with Crippen molar-refractivity contribution in [3.05, 3.63) is 504 Å². The molecule has 9 heterocycles. The minimum Gasteiger partial charge on any atom is -0.309 e. The lowest BCUT2D eigenvalue weighted by atomic mass is 9.92. The molecule has 0 bridgehead atoms. The standard InChI is InChI=1S/C55H35N3.C41H25N3S.C35H23N3/c1-2-15-38(16-3-1)55-48-23-14-22-42(54(48)47-21-4-9-24-49(47)56-55)37-31-29-36(30-32-37)39-33-40(57-50-25-10-5-17-43(50)44-18-6-11-26-51(44)57)35-41(34-39)58-52-27-12-7-19-45(52)46-20-8-13-28-53(46)58;1-3-12-27(13-4-1)37-33-19-11-18-30(36(33)31-16-7-9-20-34(31)42-37)26-22-24-28(25-23-26)38-40-39(32-17-8-10-21-35(32)45-40)44-41(43-38)29-14-5-2-6-15-29;1-2-9-26(10-3-1)35-30-13-8-12-28(34(30)29-11-4-5-14-31(29)38-35)25-18-16-24(17-19-25)27-20-21-33(37-23-27)32-15-6-7-22-36-32/h1-35H;1-25H;1-23H. The molecule has 9 aromatic heterocycles. The van der Waals surface area contributed by atoms with E-state index in [-0.39, 0.29) is 0 Å². The molecule has 10 heteroatoms. The van der Waals surface area contributed by atoms with Gasteiger partial charge in [-0.2, -0.15) is 0 Å². The highest BCUT2D eigenvalue weighted by molar-refractivity contribution is 7.26. The molecule has 28 aromatic rings. The van der Waals surface area contributed by atoms with Crippen molar-refractivity contribution in [2.24, 2.45) is 0 Å². The van der Waals surface area contributed by atoms with E-state index >= 15 is 0 Å². The van der Waals surface area contributed by atoms with E-state index in [2.05, 4.69) is 456 Å². The summed E-state index contributed by atoms with van der Waals surface area (Å²) in [5.41, 5.74) is 33.8. The predicted molar refractivity (Wildman–Crippen MR) is 590 cm³/mol. The number of nitrogens with zero attached hydrogens (tertiary/aromatic N) is 9. The summed E-state index contributed by atoms with van der Waals surface area (Å²) in [4.78, 5) is 34.7. The van der Waals surface area contributed by atoms with Crippen molar-refractivity contribution in [2.45, 2.75) is 0 Å². The van der Waals surface area contributed by atoms with Crippen molar-refractivity contribution in [1.29, 1.82) is 0 Å². The largest absolute Gasteiger partial charge is 0.309 e. The Kier molecular flexibility index (Phi) is 20.9. The summed E-state index contributed by atoms with van der Waals surface area (Å²) in [7, 11) is 0. The Morgan fingerprint density at radius 3 is 0.922 bits per heavy atom. The van der Waals surface area contributed by atoms with Gasteiger partial charge in [0.1, 0.15) is 0 Å². The summed E-state index contributed by atoms with van der Waals surface area (Å²) < 4.78 is 7.19. The smallest absolute Gasteiger partial charge is 0.160 e. The molecule has 19 aromatic carbocycles. The number of fused-ring (bicyclic) bond motifs is 18. The van der Waals surface area contributed by atoms with Gasteiger partial charge in [0.05, 0.1) is 83.0 Å². The van der Waals surface area contributed by atoms with Gasteiger partial charge in [0.2, 0.25) is 0 Å². The Labute approximate surface area is 816 Å². The Bertz CT molecular complexity index is 9450. The molecular weight excluding hydrogens is 1730 g/mol. The highest BCUT2D eigenvalue weighted by Gasteiger charge is 2.24. The van der Waals surface area contributed by atoms with Crippen molar-refractivity contribution < 1.29 is 0 Å². The van der Waals surface area contributed by atoms with Gasteiger partial charge in [0, 0.05) is 137 Å². The Balaban J connectivity index is 0.000000111. The number of benzene rings is 19. The van der Waals surface area contributed by atoms with Crippen LogP contribution in [-0.2, 0) is 0 Å². The van der Waals surface area contributed by atoms with Crippen LogP contribution in [0.25, 0.3) is 264 Å². The van der Waals surface area contributed by atoms with Crippen LogP contribution in [0.3, 0.4) is 0 Å². The third-order valence-corrected chi connectivity index (χ3v) is 28.5. The molecule has 0 saturated carbocycles. The van der Waals surface area contributed by atoms with E-state index in [1.165, 1.54) is 97.7 Å². The minimum absolute atomic E-state index is 0.743. The van der Waals surface area contributed by atoms with Crippen LogP contribution in [-0.4, -0.2) is 44.0 Å². The van der Waals surface area contributed by atoms with E-state index in [1.807, 2.05) is 60.8 Å². The second kappa shape index (κ2) is 35.6. The maximum absolute atomic E-state index is 5.19. The summed E-state index contributed by atoms with van der Waals surface area (Å²) >= 11 is 1.76. The van der Waals surface area contributed by atoms with E-state index in [0.717, 1.165) is 166 Å². The van der Waals surface area contributed by atoms with Crippen molar-refractivity contribution >= 4 is 140 Å². The Morgan fingerprint density at radius 1 is 0.191 bits per heavy atom. The van der Waals surface area contributed by atoms with Gasteiger partial charge in [-0.1, -0.05) is 406 Å². The van der Waals surface area contributed by atoms with E-state index in [9.17, 15) is 0 Å². The molecule has 9 nitrogen and oxygen atoms in total. The SMILES string of the molecule is c1ccc(-c2nc(-c3ccc(-c4cccc5c(-c6ccccc6)nc6ccccc6c45)cc3)c3sc4ccccc4c3n2)cc1.c1ccc(-c2nc3ccccc3c3c(-c4ccc(-c5cc(-n6c7ccccc7c7ccccc76)cc(-n6c7ccccc7c7ccccc76)c5)cc4)cccc23)cc1.c1ccc(-c2nc3ccccc3c3c(-c4ccc(-c5ccc(-c6ccccn6)nc5)cc4)cccc23)cc1. The quantitative estimate of drug-likeness (QED) is 0.106. The fourth-order valence-electron chi connectivity index (χ4n) is 20.8. The van der Waals surface area contributed by atoms with E-state index in [1.54, 1.807) is 17.5 Å². The molecule has 141 heavy (non-hydrogen) atoms. The maximum atomic E-state index is 5.19. The van der Waals surface area contributed by atoms with Crippen molar-refractivity contribution in [3.8, 4) is 135 Å². The normalized spacial score (nSPS) is 11.5. The minimum atomic E-state index is 0.743. The summed E-state index contributed by atoms with van der Waals surface area (Å²) in [6, 6.07) is 174. The van der Waals surface area contributed by atoms with Gasteiger partial charge in [-0.3, -0.25) is 9.97 Å². The first-order chi connectivity index (χ1) is 69.9. The summed E-state index contributed by atoms with van der Waals surface area (Å²) in [5.74, 6) is 0.743. The number of hydrogen-bond acceptors (Lipinski definition) is 8. The monoisotopic (exact) mass is 1810 g/mol. The Hall–Kier alpha value is -18.6. The molecule has 0 aliphatic heterocycles. The molecule has 0 aliphatic rings. The van der Waals surface area contributed by atoms with Gasteiger partial charge in [-0.25, -0.2) is 24.9 Å². The zero-order valence-corrected chi connectivity index (χ0v) is 77.2. The molecule has 658 valence electrons. The summed E-state index contributed by atoms with van der Waals surface area (Å²) in [5, 5.41) is 16.8. The van der Waals surface area contributed by atoms with Crippen LogP contribution in [0.5, 0.6) is 0 Å². The van der Waals surface area contributed by atoms with E-state index in [4.69, 9.17) is 24.9 Å². The third-order valence-electron chi connectivity index (χ3n) is 27.4. The van der Waals surface area contributed by atoms with Crippen LogP contribution in [0.2, 0.25) is 0 Å². The Morgan fingerprint density at radius 2 is 0.518 bits per heavy atom. The number of rotatable bonds is 13. The van der Waals surface area contributed by atoms with E-state index in [0.29, 0.717) is 0 Å². The van der Waals surface area contributed by atoms with Crippen molar-refractivity contribution in [2.75, 3.05) is 0 Å². The van der Waals surface area contributed by atoms with Gasteiger partial charge >= 0.3 is 0 Å². The lowest BCUT2D eigenvalue weighted by Crippen LogP contribution is -2.00. The van der Waals surface area contributed by atoms with E-state index < -0.39 is 0 Å². The van der Waals surface area contributed by atoms with Crippen molar-refractivity contribution in [3.63, 3.8) is 0 Å². The van der Waals surface area contributed by atoms with Crippen LogP contribution in [0, 0.1) is 0 Å². The first kappa shape index (κ1) is 83.0. The van der Waals surface area contributed by atoms with Gasteiger partial charge < -0.3 is 9.13 Å². The van der Waals surface area contributed by atoms with Crippen LogP contribution in [0.4, 0.5) is 0 Å². The first-order valence-electron chi connectivity index (χ1n) is 47.6. The second-order valence-electron chi connectivity index (χ2n) is 35.6. The number of hydrogen-bond donors (Lipinski definition) is 0. The van der Waals surface area contributed by atoms with Gasteiger partial charge in [-0.05, 0) is 135 Å². The second-order valence-corrected chi connectivity index (χ2v) is 36.7. The fraction of sp³-hybridized carbons (Fsp3) is 0. The summed E-state index contributed by atoms with van der Waals surface area (Å²) in [6.07, 6.45) is 3.71. The molecule has 0 spiro atoms. The fourth-order valence-corrected chi connectivity index (χ4v) is 22.0. The average molecular weight is 1820 g/mol. The topological polar surface area (TPSA) is 100 Å². The number of pyridine rings is 5. The van der Waals surface area contributed by atoms with Crippen LogP contribution in [0.1, 0.15) is 0 Å². The molecule has 0 N–H and O–H groups in total. The molecule has 0 saturated heterocycles. The highest BCUT2D eigenvalue weighted by Crippen LogP contribution is 2.47. The molecule has 0 unspecified atom stereocenters. The lowest BCUT2D eigenvalue weighted by molar-refractivity contribution is 1.13. The molecule has 0 aliphatic carbocycles. The van der Waals surface area contributed by atoms with Crippen LogP contribution >= 0.6 is 11.3 Å². The summed E-state index contributed by atoms with van der Waals surface area (Å²) in [6.45, 7) is 0. The van der Waals surface area contributed by atoms with Crippen molar-refractivity contribution in [1.82, 2.24) is 44.0 Å². The molecule has 0 radical (unpaired) electrons. The van der Waals surface area contributed by atoms with Crippen LogP contribution < -0.4 is 0 Å². The number of aromatic nitrogens is 9. The maximum Gasteiger partial charge on any atom is 0.160 e.